The molecule has 2 nitrogen and oxygen atoms in total. The normalized spacial score (nSPS) is 9.12. The van der Waals surface area contributed by atoms with Crippen molar-refractivity contribution in [3.05, 3.63) is 35.4 Å². The first-order chi connectivity index (χ1) is 7.74. The lowest BCUT2D eigenvalue weighted by atomic mass is 10.1. The number of carbonyl (C=O) groups excluding carboxylic acids is 1. The first-order valence-corrected chi connectivity index (χ1v) is 6.23. The zero-order valence-corrected chi connectivity index (χ0v) is 10.8. The number of amides is 1. The van der Waals surface area contributed by atoms with Crippen molar-refractivity contribution in [2.45, 2.75) is 18.7 Å². The van der Waals surface area contributed by atoms with Gasteiger partial charge in [-0.05, 0) is 11.6 Å². The average molecular weight is 280 g/mol. The number of halogens is 1. The minimum atomic E-state index is -0.0114. The summed E-state index contributed by atoms with van der Waals surface area (Å²) in [7, 11) is 0. The third-order valence-corrected chi connectivity index (χ3v) is 2.61. The third-order valence-electron chi connectivity index (χ3n) is 2.01. The summed E-state index contributed by atoms with van der Waals surface area (Å²) >= 11 is 3.43. The fraction of sp³-hybridized carbons (Fsp3) is 0.308. The monoisotopic (exact) mass is 279 g/mol. The molecule has 1 rings (SSSR count). The van der Waals surface area contributed by atoms with Gasteiger partial charge in [-0.15, -0.1) is 0 Å². The van der Waals surface area contributed by atoms with Crippen LogP contribution in [-0.4, -0.2) is 12.5 Å². The van der Waals surface area contributed by atoms with Crippen LogP contribution >= 0.6 is 15.9 Å². The van der Waals surface area contributed by atoms with E-state index in [2.05, 4.69) is 33.1 Å². The Morgan fingerprint density at radius 3 is 2.88 bits per heavy atom. The van der Waals surface area contributed by atoms with Crippen LogP contribution in [0.5, 0.6) is 0 Å². The van der Waals surface area contributed by atoms with E-state index in [0.29, 0.717) is 13.0 Å². The van der Waals surface area contributed by atoms with Crippen LogP contribution in [0.4, 0.5) is 0 Å². The van der Waals surface area contributed by atoms with Gasteiger partial charge in [0.25, 0.3) is 0 Å². The molecule has 0 spiro atoms. The number of benzene rings is 1. The molecule has 0 aliphatic rings. The summed E-state index contributed by atoms with van der Waals surface area (Å²) in [5.41, 5.74) is 2.23. The van der Waals surface area contributed by atoms with Gasteiger partial charge < -0.3 is 5.32 Å². The number of carbonyl (C=O) groups is 1. The molecule has 0 radical (unpaired) electrons. The minimum Gasteiger partial charge on any atom is -0.355 e. The third kappa shape index (κ3) is 4.50. The van der Waals surface area contributed by atoms with Crippen molar-refractivity contribution in [1.82, 2.24) is 5.32 Å². The number of alkyl halides is 1. The number of hydrogen-bond acceptors (Lipinski definition) is 1. The summed E-state index contributed by atoms with van der Waals surface area (Å²) in [6, 6.07) is 8.03. The van der Waals surface area contributed by atoms with Gasteiger partial charge in [0.05, 0.1) is 0 Å². The molecule has 0 fully saturated rings. The highest BCUT2D eigenvalue weighted by Gasteiger charge is 1.95. The highest BCUT2D eigenvalue weighted by molar-refractivity contribution is 9.08. The fourth-order valence-electron chi connectivity index (χ4n) is 1.22. The summed E-state index contributed by atoms with van der Waals surface area (Å²) in [4.78, 5) is 10.6. The number of nitrogens with one attached hydrogen (secondary N) is 1. The predicted molar refractivity (Wildman–Crippen MR) is 69.3 cm³/mol. The molecule has 3 heteroatoms. The van der Waals surface area contributed by atoms with E-state index in [1.165, 1.54) is 12.5 Å². The standard InChI is InChI=1S/C13H14BrNO/c1-11(16)15-9-5-4-7-12-6-2-3-8-13(12)10-14/h2-3,6,8H,5,9-10H2,1H3,(H,15,16). The molecule has 0 atom stereocenters. The molecule has 0 aliphatic heterocycles. The van der Waals surface area contributed by atoms with Crippen LogP contribution in [0.1, 0.15) is 24.5 Å². The Hall–Kier alpha value is -1.27. The summed E-state index contributed by atoms with van der Waals surface area (Å²) < 4.78 is 0. The fourth-order valence-corrected chi connectivity index (χ4v) is 1.71. The molecule has 1 aromatic carbocycles. The van der Waals surface area contributed by atoms with Crippen molar-refractivity contribution in [2.24, 2.45) is 0 Å². The van der Waals surface area contributed by atoms with Gasteiger partial charge in [-0.1, -0.05) is 46.0 Å². The second kappa shape index (κ2) is 7.08. The lowest BCUT2D eigenvalue weighted by Gasteiger charge is -1.98. The van der Waals surface area contributed by atoms with E-state index in [4.69, 9.17) is 0 Å². The summed E-state index contributed by atoms with van der Waals surface area (Å²) in [5, 5.41) is 3.52. The Morgan fingerprint density at radius 1 is 1.44 bits per heavy atom. The molecule has 1 N–H and O–H groups in total. The van der Waals surface area contributed by atoms with E-state index < -0.39 is 0 Å². The van der Waals surface area contributed by atoms with E-state index in [1.54, 1.807) is 0 Å². The molecule has 0 aliphatic carbocycles. The van der Waals surface area contributed by atoms with E-state index in [1.807, 2.05) is 24.3 Å². The van der Waals surface area contributed by atoms with Gasteiger partial charge in [0.15, 0.2) is 0 Å². The van der Waals surface area contributed by atoms with Crippen molar-refractivity contribution >= 4 is 21.8 Å². The Morgan fingerprint density at radius 2 is 2.19 bits per heavy atom. The summed E-state index contributed by atoms with van der Waals surface area (Å²) in [6.07, 6.45) is 0.677. The molecule has 0 bridgehead atoms. The van der Waals surface area contributed by atoms with Crippen LogP contribution in [0.25, 0.3) is 0 Å². The van der Waals surface area contributed by atoms with Crippen molar-refractivity contribution in [2.75, 3.05) is 6.54 Å². The first kappa shape index (κ1) is 12.8. The minimum absolute atomic E-state index is 0.0114. The van der Waals surface area contributed by atoms with Crippen LogP contribution in [0.2, 0.25) is 0 Å². The molecular weight excluding hydrogens is 266 g/mol. The molecule has 0 saturated heterocycles. The molecule has 16 heavy (non-hydrogen) atoms. The summed E-state index contributed by atoms with van der Waals surface area (Å²) in [6.45, 7) is 2.12. The molecule has 0 saturated carbocycles. The van der Waals surface area contributed by atoms with Crippen LogP contribution in [-0.2, 0) is 10.1 Å². The number of rotatable bonds is 3. The highest BCUT2D eigenvalue weighted by atomic mass is 79.9. The molecular formula is C13H14BrNO. The second-order valence-electron chi connectivity index (χ2n) is 3.33. The van der Waals surface area contributed by atoms with Crippen LogP contribution < -0.4 is 5.32 Å². The zero-order chi connectivity index (χ0) is 11.8. The molecule has 0 unspecified atom stereocenters. The largest absolute Gasteiger partial charge is 0.355 e. The van der Waals surface area contributed by atoms with E-state index in [-0.39, 0.29) is 5.91 Å². The van der Waals surface area contributed by atoms with E-state index in [9.17, 15) is 4.79 Å². The topological polar surface area (TPSA) is 29.1 Å². The van der Waals surface area contributed by atoms with Gasteiger partial charge >= 0.3 is 0 Å². The smallest absolute Gasteiger partial charge is 0.216 e. The van der Waals surface area contributed by atoms with Gasteiger partial charge in [0.2, 0.25) is 5.91 Å². The quantitative estimate of drug-likeness (QED) is 0.514. The Balaban J connectivity index is 2.52. The Labute approximate surface area is 105 Å². The van der Waals surface area contributed by atoms with Gasteiger partial charge in [-0.3, -0.25) is 4.79 Å². The van der Waals surface area contributed by atoms with Crippen molar-refractivity contribution in [3.63, 3.8) is 0 Å². The van der Waals surface area contributed by atoms with Crippen LogP contribution in [0, 0.1) is 11.8 Å². The van der Waals surface area contributed by atoms with Crippen molar-refractivity contribution in [1.29, 1.82) is 0 Å². The second-order valence-corrected chi connectivity index (χ2v) is 3.89. The SMILES string of the molecule is CC(=O)NCCC#Cc1ccccc1CBr. The van der Waals surface area contributed by atoms with Gasteiger partial charge in [-0.2, -0.15) is 0 Å². The summed E-state index contributed by atoms with van der Waals surface area (Å²) in [5.74, 6) is 6.14. The zero-order valence-electron chi connectivity index (χ0n) is 9.22. The van der Waals surface area contributed by atoms with Crippen molar-refractivity contribution < 1.29 is 4.79 Å². The number of hydrogen-bond donors (Lipinski definition) is 1. The van der Waals surface area contributed by atoms with Crippen LogP contribution in [0.15, 0.2) is 24.3 Å². The lowest BCUT2D eigenvalue weighted by Crippen LogP contribution is -2.20. The van der Waals surface area contributed by atoms with Gasteiger partial charge in [0.1, 0.15) is 0 Å². The maximum Gasteiger partial charge on any atom is 0.216 e. The average Bonchev–Trinajstić information content (AvgIpc) is 2.29. The molecule has 84 valence electrons. The predicted octanol–water partition coefficient (Wildman–Crippen LogP) is 2.46. The van der Waals surface area contributed by atoms with Gasteiger partial charge in [-0.25, -0.2) is 0 Å². The lowest BCUT2D eigenvalue weighted by molar-refractivity contribution is -0.118. The molecule has 0 heterocycles. The first-order valence-electron chi connectivity index (χ1n) is 5.11. The Kier molecular flexibility index (Phi) is 5.66. The Bertz CT molecular complexity index is 417. The highest BCUT2D eigenvalue weighted by Crippen LogP contribution is 2.10. The van der Waals surface area contributed by atoms with Crippen LogP contribution in [0.3, 0.4) is 0 Å². The van der Waals surface area contributed by atoms with Gasteiger partial charge in [0, 0.05) is 30.8 Å². The van der Waals surface area contributed by atoms with E-state index >= 15 is 0 Å². The molecule has 1 amide bonds. The van der Waals surface area contributed by atoms with Crippen molar-refractivity contribution in [3.8, 4) is 11.8 Å². The molecule has 0 aromatic heterocycles. The maximum absolute atomic E-state index is 10.6. The molecule has 1 aromatic rings. The maximum atomic E-state index is 10.6. The van der Waals surface area contributed by atoms with E-state index in [0.717, 1.165) is 10.9 Å².